The minimum atomic E-state index is -0.372. The highest BCUT2D eigenvalue weighted by Crippen LogP contribution is 2.01. The molecule has 68 valence electrons. The van der Waals surface area contributed by atoms with Crippen molar-refractivity contribution in [3.63, 3.8) is 0 Å². The second-order valence-corrected chi connectivity index (χ2v) is 2.61. The molecule has 13 heavy (non-hydrogen) atoms. The number of nitrogens with zero attached hydrogens (tertiary/aromatic N) is 1. The molecule has 0 bridgehead atoms. The Labute approximate surface area is 77.1 Å². The fourth-order valence-corrected chi connectivity index (χ4v) is 0.872. The highest BCUT2D eigenvalue weighted by molar-refractivity contribution is 5.86. The maximum Gasteiger partial charge on any atom is 0.330 e. The summed E-state index contributed by atoms with van der Waals surface area (Å²) in [6.07, 6.45) is 4.67. The van der Waals surface area contributed by atoms with Gasteiger partial charge in [-0.1, -0.05) is 0 Å². The zero-order valence-electron chi connectivity index (χ0n) is 7.65. The molecule has 3 nitrogen and oxygen atoms in total. The zero-order chi connectivity index (χ0) is 9.68. The van der Waals surface area contributed by atoms with Gasteiger partial charge in [0.25, 0.3) is 0 Å². The molecule has 0 amide bonds. The number of methoxy groups -OCH3 is 1. The molecule has 0 aromatic carbocycles. The smallest absolute Gasteiger partial charge is 0.330 e. The quantitative estimate of drug-likeness (QED) is 0.508. The molecular weight excluding hydrogens is 166 g/mol. The number of pyridine rings is 1. The lowest BCUT2D eigenvalue weighted by Gasteiger charge is -1.94. The van der Waals surface area contributed by atoms with Crippen LogP contribution in [0.5, 0.6) is 0 Å². The molecule has 0 aliphatic carbocycles. The highest BCUT2D eigenvalue weighted by Gasteiger charge is 1.92. The SMILES string of the molecule is COC(=O)C=Cc1cc(C)ccn1. The number of hydrogen-bond acceptors (Lipinski definition) is 3. The standard InChI is InChI=1S/C10H11NO2/c1-8-5-6-11-9(7-8)3-4-10(12)13-2/h3-7H,1-2H3. The van der Waals surface area contributed by atoms with Gasteiger partial charge in [-0.05, 0) is 30.7 Å². The van der Waals surface area contributed by atoms with Gasteiger partial charge in [-0.3, -0.25) is 4.98 Å². The van der Waals surface area contributed by atoms with Gasteiger partial charge in [0.1, 0.15) is 0 Å². The van der Waals surface area contributed by atoms with Gasteiger partial charge in [0.2, 0.25) is 0 Å². The number of aryl methyl sites for hydroxylation is 1. The van der Waals surface area contributed by atoms with E-state index in [1.54, 1.807) is 12.3 Å². The Kier molecular flexibility index (Phi) is 3.20. The summed E-state index contributed by atoms with van der Waals surface area (Å²) in [7, 11) is 1.34. The minimum Gasteiger partial charge on any atom is -0.466 e. The predicted molar refractivity (Wildman–Crippen MR) is 50.0 cm³/mol. The van der Waals surface area contributed by atoms with Crippen molar-refractivity contribution in [3.05, 3.63) is 35.7 Å². The van der Waals surface area contributed by atoms with Crippen molar-refractivity contribution in [1.82, 2.24) is 4.98 Å². The van der Waals surface area contributed by atoms with Crippen LogP contribution < -0.4 is 0 Å². The van der Waals surface area contributed by atoms with Gasteiger partial charge < -0.3 is 4.74 Å². The van der Waals surface area contributed by atoms with Gasteiger partial charge >= 0.3 is 5.97 Å². The highest BCUT2D eigenvalue weighted by atomic mass is 16.5. The van der Waals surface area contributed by atoms with Crippen LogP contribution in [0.4, 0.5) is 0 Å². The molecule has 0 saturated carbocycles. The van der Waals surface area contributed by atoms with E-state index in [1.807, 2.05) is 19.1 Å². The van der Waals surface area contributed by atoms with Crippen molar-refractivity contribution in [1.29, 1.82) is 0 Å². The molecule has 0 saturated heterocycles. The molecule has 3 heteroatoms. The van der Waals surface area contributed by atoms with Gasteiger partial charge in [0.15, 0.2) is 0 Å². The van der Waals surface area contributed by atoms with E-state index in [0.29, 0.717) is 0 Å². The van der Waals surface area contributed by atoms with Crippen molar-refractivity contribution in [3.8, 4) is 0 Å². The van der Waals surface area contributed by atoms with Crippen molar-refractivity contribution >= 4 is 12.0 Å². The molecule has 0 radical (unpaired) electrons. The van der Waals surface area contributed by atoms with Crippen LogP contribution in [-0.4, -0.2) is 18.1 Å². The molecule has 0 aliphatic rings. The monoisotopic (exact) mass is 177 g/mol. The maximum atomic E-state index is 10.7. The summed E-state index contributed by atoms with van der Waals surface area (Å²) in [5, 5.41) is 0. The van der Waals surface area contributed by atoms with Crippen molar-refractivity contribution in [2.24, 2.45) is 0 Å². The summed E-state index contributed by atoms with van der Waals surface area (Å²) in [6.45, 7) is 1.97. The summed E-state index contributed by atoms with van der Waals surface area (Å²) in [5.74, 6) is -0.372. The summed E-state index contributed by atoms with van der Waals surface area (Å²) in [6, 6.07) is 3.79. The predicted octanol–water partition coefficient (Wildman–Crippen LogP) is 1.58. The van der Waals surface area contributed by atoms with Crippen LogP contribution in [0, 0.1) is 6.92 Å². The molecule has 1 aromatic heterocycles. The number of ether oxygens (including phenoxy) is 1. The normalized spacial score (nSPS) is 10.3. The average Bonchev–Trinajstić information content (AvgIpc) is 2.14. The molecule has 1 heterocycles. The molecule has 0 aliphatic heterocycles. The first-order valence-electron chi connectivity index (χ1n) is 3.91. The van der Waals surface area contributed by atoms with Gasteiger partial charge in [-0.25, -0.2) is 4.79 Å². The summed E-state index contributed by atoms with van der Waals surface area (Å²) < 4.78 is 4.45. The van der Waals surface area contributed by atoms with E-state index in [0.717, 1.165) is 11.3 Å². The summed E-state index contributed by atoms with van der Waals surface area (Å²) in [4.78, 5) is 14.8. The van der Waals surface area contributed by atoms with E-state index >= 15 is 0 Å². The van der Waals surface area contributed by atoms with Gasteiger partial charge in [0, 0.05) is 12.3 Å². The van der Waals surface area contributed by atoms with E-state index in [1.165, 1.54) is 13.2 Å². The second-order valence-electron chi connectivity index (χ2n) is 2.61. The Hall–Kier alpha value is -1.64. The Morgan fingerprint density at radius 1 is 1.62 bits per heavy atom. The van der Waals surface area contributed by atoms with Crippen LogP contribution in [-0.2, 0) is 9.53 Å². The number of carbonyl (C=O) groups is 1. The van der Waals surface area contributed by atoms with Gasteiger partial charge in [-0.15, -0.1) is 0 Å². The third-order valence-electron chi connectivity index (χ3n) is 1.53. The first-order valence-corrected chi connectivity index (χ1v) is 3.91. The lowest BCUT2D eigenvalue weighted by Crippen LogP contribution is -1.93. The number of rotatable bonds is 2. The molecule has 0 spiro atoms. The first kappa shape index (κ1) is 9.45. The van der Waals surface area contributed by atoms with Crippen molar-refractivity contribution in [2.45, 2.75) is 6.92 Å². The third-order valence-corrected chi connectivity index (χ3v) is 1.53. The van der Waals surface area contributed by atoms with Crippen LogP contribution in [0.25, 0.3) is 6.08 Å². The molecular formula is C10H11NO2. The van der Waals surface area contributed by atoms with Crippen LogP contribution in [0.1, 0.15) is 11.3 Å². The number of esters is 1. The number of aromatic nitrogens is 1. The van der Waals surface area contributed by atoms with Gasteiger partial charge in [-0.2, -0.15) is 0 Å². The van der Waals surface area contributed by atoms with Crippen LogP contribution >= 0.6 is 0 Å². The molecule has 1 aromatic rings. The molecule has 0 unspecified atom stereocenters. The Bertz CT molecular complexity index is 331. The molecule has 1 rings (SSSR count). The molecule has 0 atom stereocenters. The van der Waals surface area contributed by atoms with E-state index in [2.05, 4.69) is 9.72 Å². The van der Waals surface area contributed by atoms with Crippen LogP contribution in [0.2, 0.25) is 0 Å². The maximum absolute atomic E-state index is 10.7. The van der Waals surface area contributed by atoms with E-state index in [-0.39, 0.29) is 5.97 Å². The van der Waals surface area contributed by atoms with Crippen molar-refractivity contribution in [2.75, 3.05) is 7.11 Å². The summed E-state index contributed by atoms with van der Waals surface area (Å²) in [5.41, 5.74) is 1.87. The Morgan fingerprint density at radius 2 is 2.38 bits per heavy atom. The molecule has 0 N–H and O–H groups in total. The second kappa shape index (κ2) is 4.40. The fourth-order valence-electron chi connectivity index (χ4n) is 0.872. The first-order chi connectivity index (χ1) is 6.22. The van der Waals surface area contributed by atoms with Crippen LogP contribution in [0.15, 0.2) is 24.4 Å². The lowest BCUT2D eigenvalue weighted by atomic mass is 10.2. The fraction of sp³-hybridized carbons (Fsp3) is 0.200. The summed E-state index contributed by atoms with van der Waals surface area (Å²) >= 11 is 0. The topological polar surface area (TPSA) is 39.2 Å². The largest absolute Gasteiger partial charge is 0.466 e. The number of carbonyl (C=O) groups excluding carboxylic acids is 1. The number of hydrogen-bond donors (Lipinski definition) is 0. The Balaban J connectivity index is 2.74. The average molecular weight is 177 g/mol. The molecule has 0 fully saturated rings. The minimum absolute atomic E-state index is 0.372. The van der Waals surface area contributed by atoms with Gasteiger partial charge in [0.05, 0.1) is 12.8 Å². The van der Waals surface area contributed by atoms with Crippen LogP contribution in [0.3, 0.4) is 0 Å². The van der Waals surface area contributed by atoms with E-state index < -0.39 is 0 Å². The van der Waals surface area contributed by atoms with E-state index in [4.69, 9.17) is 0 Å². The van der Waals surface area contributed by atoms with Crippen molar-refractivity contribution < 1.29 is 9.53 Å². The third kappa shape index (κ3) is 3.07. The lowest BCUT2D eigenvalue weighted by molar-refractivity contribution is -0.134. The Morgan fingerprint density at radius 3 is 3.00 bits per heavy atom. The zero-order valence-corrected chi connectivity index (χ0v) is 7.65. The van der Waals surface area contributed by atoms with E-state index in [9.17, 15) is 4.79 Å².